The van der Waals surface area contributed by atoms with Crippen molar-refractivity contribution < 1.29 is 18.7 Å². The molecule has 0 saturated heterocycles. The first-order valence-corrected chi connectivity index (χ1v) is 9.07. The lowest BCUT2D eigenvalue weighted by Crippen LogP contribution is -2.22. The van der Waals surface area contributed by atoms with Gasteiger partial charge in [-0.2, -0.15) is 0 Å². The molecule has 1 heterocycles. The van der Waals surface area contributed by atoms with Crippen molar-refractivity contribution in [3.63, 3.8) is 0 Å². The van der Waals surface area contributed by atoms with Crippen LogP contribution in [0.5, 0.6) is 0 Å². The van der Waals surface area contributed by atoms with Gasteiger partial charge in [0.1, 0.15) is 5.82 Å². The Hall–Kier alpha value is -1.93. The van der Waals surface area contributed by atoms with Crippen LogP contribution in [0.3, 0.4) is 0 Å². The molecular formula is C16H17FN2O3S2. The standard InChI is InChI=1S/C16H17FN2O3S2/c1-3-22-14(20)8-13-9-23-16(19-13)24-10(2)15(21)18-12-6-4-11(17)5-7-12/h4-7,9-10H,3,8H2,1-2H3,(H,18,21)/t10-/m0/s1. The van der Waals surface area contributed by atoms with Gasteiger partial charge in [-0.15, -0.1) is 11.3 Å². The van der Waals surface area contributed by atoms with Crippen LogP contribution in [0.25, 0.3) is 0 Å². The molecule has 0 aliphatic carbocycles. The van der Waals surface area contributed by atoms with Crippen LogP contribution in [0, 0.1) is 5.82 Å². The second-order valence-corrected chi connectivity index (χ2v) is 7.29. The van der Waals surface area contributed by atoms with Gasteiger partial charge in [-0.3, -0.25) is 9.59 Å². The van der Waals surface area contributed by atoms with Crippen LogP contribution in [-0.2, 0) is 20.7 Å². The highest BCUT2D eigenvalue weighted by atomic mass is 32.2. The van der Waals surface area contributed by atoms with Crippen molar-refractivity contribution in [3.8, 4) is 0 Å². The van der Waals surface area contributed by atoms with Crippen molar-refractivity contribution in [1.82, 2.24) is 4.98 Å². The highest BCUT2D eigenvalue weighted by molar-refractivity contribution is 8.02. The molecule has 0 unspecified atom stereocenters. The first-order chi connectivity index (χ1) is 11.5. The fourth-order valence-corrected chi connectivity index (χ4v) is 3.75. The smallest absolute Gasteiger partial charge is 0.311 e. The van der Waals surface area contributed by atoms with Gasteiger partial charge in [0, 0.05) is 11.1 Å². The zero-order chi connectivity index (χ0) is 17.5. The van der Waals surface area contributed by atoms with Crippen LogP contribution in [0.2, 0.25) is 0 Å². The molecule has 2 aromatic rings. The van der Waals surface area contributed by atoms with E-state index >= 15 is 0 Å². The number of carbonyl (C=O) groups excluding carboxylic acids is 2. The number of rotatable bonds is 7. The number of nitrogens with zero attached hydrogens (tertiary/aromatic N) is 1. The highest BCUT2D eigenvalue weighted by Crippen LogP contribution is 2.27. The molecular weight excluding hydrogens is 351 g/mol. The summed E-state index contributed by atoms with van der Waals surface area (Å²) < 4.78 is 18.4. The summed E-state index contributed by atoms with van der Waals surface area (Å²) >= 11 is 2.68. The number of halogens is 1. The predicted molar refractivity (Wildman–Crippen MR) is 92.8 cm³/mol. The SMILES string of the molecule is CCOC(=O)Cc1csc(S[C@@H](C)C(=O)Nc2ccc(F)cc2)n1. The third-order valence-electron chi connectivity index (χ3n) is 2.92. The van der Waals surface area contributed by atoms with E-state index in [9.17, 15) is 14.0 Å². The van der Waals surface area contributed by atoms with E-state index in [-0.39, 0.29) is 29.4 Å². The zero-order valence-electron chi connectivity index (χ0n) is 13.2. The minimum atomic E-state index is -0.378. The Balaban J connectivity index is 1.88. The molecule has 8 heteroatoms. The third-order valence-corrected chi connectivity index (χ3v) is 5.04. The van der Waals surface area contributed by atoms with Crippen LogP contribution in [0.15, 0.2) is 34.0 Å². The summed E-state index contributed by atoms with van der Waals surface area (Å²) in [6, 6.07) is 5.59. The maximum Gasteiger partial charge on any atom is 0.311 e. The lowest BCUT2D eigenvalue weighted by Gasteiger charge is -2.10. The number of benzene rings is 1. The molecule has 5 nitrogen and oxygen atoms in total. The maximum absolute atomic E-state index is 12.9. The zero-order valence-corrected chi connectivity index (χ0v) is 14.9. The summed E-state index contributed by atoms with van der Waals surface area (Å²) in [4.78, 5) is 27.9. The van der Waals surface area contributed by atoms with Gasteiger partial charge in [0.15, 0.2) is 4.34 Å². The third kappa shape index (κ3) is 5.61. The average Bonchev–Trinajstić information content (AvgIpc) is 2.96. The van der Waals surface area contributed by atoms with Gasteiger partial charge in [0.2, 0.25) is 5.91 Å². The lowest BCUT2D eigenvalue weighted by molar-refractivity contribution is -0.142. The van der Waals surface area contributed by atoms with E-state index in [1.165, 1.54) is 47.4 Å². The van der Waals surface area contributed by atoms with Crippen molar-refractivity contribution >= 4 is 40.7 Å². The van der Waals surface area contributed by atoms with E-state index in [0.29, 0.717) is 22.3 Å². The van der Waals surface area contributed by atoms with E-state index in [1.54, 1.807) is 19.2 Å². The molecule has 0 spiro atoms. The second-order valence-electron chi connectivity index (χ2n) is 4.84. The minimum Gasteiger partial charge on any atom is -0.466 e. The molecule has 0 aliphatic heterocycles. The molecule has 0 radical (unpaired) electrons. The number of hydrogen-bond acceptors (Lipinski definition) is 6. The van der Waals surface area contributed by atoms with Gasteiger partial charge >= 0.3 is 5.97 Å². The Labute approximate surface area is 147 Å². The van der Waals surface area contributed by atoms with Gasteiger partial charge in [-0.05, 0) is 38.1 Å². The van der Waals surface area contributed by atoms with Crippen LogP contribution in [0.4, 0.5) is 10.1 Å². The van der Waals surface area contributed by atoms with E-state index < -0.39 is 0 Å². The maximum atomic E-state index is 12.9. The van der Waals surface area contributed by atoms with E-state index in [2.05, 4.69) is 10.3 Å². The number of ether oxygens (including phenoxy) is 1. The molecule has 24 heavy (non-hydrogen) atoms. The van der Waals surface area contributed by atoms with Gasteiger partial charge in [-0.1, -0.05) is 11.8 Å². The van der Waals surface area contributed by atoms with E-state index in [1.807, 2.05) is 0 Å². The van der Waals surface area contributed by atoms with Crippen molar-refractivity contribution in [2.75, 3.05) is 11.9 Å². The largest absolute Gasteiger partial charge is 0.466 e. The van der Waals surface area contributed by atoms with Crippen molar-refractivity contribution in [2.24, 2.45) is 0 Å². The Kier molecular flexibility index (Phi) is 6.74. The lowest BCUT2D eigenvalue weighted by atomic mass is 10.3. The molecule has 0 saturated carbocycles. The number of thioether (sulfide) groups is 1. The number of aromatic nitrogens is 1. The molecule has 0 aliphatic rings. The number of anilines is 1. The average molecular weight is 368 g/mol. The Morgan fingerprint density at radius 2 is 2.08 bits per heavy atom. The van der Waals surface area contributed by atoms with Crippen molar-refractivity contribution in [2.45, 2.75) is 29.9 Å². The quantitative estimate of drug-likeness (QED) is 0.598. The fraction of sp³-hybridized carbons (Fsp3) is 0.312. The van der Waals surface area contributed by atoms with Crippen LogP contribution in [0.1, 0.15) is 19.5 Å². The first kappa shape index (κ1) is 18.4. The molecule has 2 rings (SSSR count). The second kappa shape index (κ2) is 8.79. The molecule has 1 aromatic carbocycles. The van der Waals surface area contributed by atoms with Crippen molar-refractivity contribution in [3.05, 3.63) is 41.2 Å². The topological polar surface area (TPSA) is 68.3 Å². The van der Waals surface area contributed by atoms with Crippen LogP contribution >= 0.6 is 23.1 Å². The van der Waals surface area contributed by atoms with Gasteiger partial charge in [0.25, 0.3) is 0 Å². The molecule has 128 valence electrons. The number of nitrogens with one attached hydrogen (secondary N) is 1. The minimum absolute atomic E-state index is 0.126. The fourth-order valence-electron chi connectivity index (χ4n) is 1.77. The van der Waals surface area contributed by atoms with Gasteiger partial charge in [0.05, 0.1) is 24.0 Å². The Bertz CT molecular complexity index is 704. The summed E-state index contributed by atoms with van der Waals surface area (Å²) in [6.07, 6.45) is 0.126. The van der Waals surface area contributed by atoms with E-state index in [0.717, 1.165) is 0 Å². The number of hydrogen-bond donors (Lipinski definition) is 1. The van der Waals surface area contributed by atoms with Gasteiger partial charge < -0.3 is 10.1 Å². The Morgan fingerprint density at radius 3 is 2.75 bits per heavy atom. The van der Waals surface area contributed by atoms with Crippen molar-refractivity contribution in [1.29, 1.82) is 0 Å². The number of amides is 1. The number of thiazole rings is 1. The molecule has 0 bridgehead atoms. The summed E-state index contributed by atoms with van der Waals surface area (Å²) in [5.41, 5.74) is 1.17. The summed E-state index contributed by atoms with van der Waals surface area (Å²) in [5, 5.41) is 4.12. The molecule has 1 N–H and O–H groups in total. The molecule has 1 amide bonds. The highest BCUT2D eigenvalue weighted by Gasteiger charge is 2.17. The first-order valence-electron chi connectivity index (χ1n) is 7.31. The Morgan fingerprint density at radius 1 is 1.38 bits per heavy atom. The van der Waals surface area contributed by atoms with Crippen LogP contribution in [-0.4, -0.2) is 28.7 Å². The van der Waals surface area contributed by atoms with Crippen LogP contribution < -0.4 is 5.32 Å². The molecule has 1 atom stereocenters. The monoisotopic (exact) mass is 368 g/mol. The summed E-state index contributed by atoms with van der Waals surface area (Å²) in [7, 11) is 0. The number of esters is 1. The molecule has 0 fully saturated rings. The van der Waals surface area contributed by atoms with E-state index in [4.69, 9.17) is 4.74 Å². The molecule has 1 aromatic heterocycles. The predicted octanol–water partition coefficient (Wildman–Crippen LogP) is 3.51. The number of carbonyl (C=O) groups is 2. The van der Waals surface area contributed by atoms with Gasteiger partial charge in [-0.25, -0.2) is 9.37 Å². The normalized spacial score (nSPS) is 11.8. The summed E-state index contributed by atoms with van der Waals surface area (Å²) in [5.74, 6) is -0.873. The summed E-state index contributed by atoms with van der Waals surface area (Å²) in [6.45, 7) is 3.85.